The van der Waals surface area contributed by atoms with Crippen LogP contribution in [-0.2, 0) is 4.74 Å². The number of likely N-dealkylation sites (tertiary alicyclic amines) is 3. The lowest BCUT2D eigenvalue weighted by molar-refractivity contribution is -0.0274. The summed E-state index contributed by atoms with van der Waals surface area (Å²) >= 11 is 0. The van der Waals surface area contributed by atoms with Gasteiger partial charge in [-0.05, 0) is 76.4 Å². The summed E-state index contributed by atoms with van der Waals surface area (Å²) in [4.78, 5) is 32.1. The Labute approximate surface area is 275 Å². The van der Waals surface area contributed by atoms with Crippen molar-refractivity contribution in [3.8, 4) is 11.5 Å². The molecule has 3 saturated heterocycles. The number of nitrogens with two attached hydrogens (primary N) is 2. The van der Waals surface area contributed by atoms with Gasteiger partial charge in [-0.2, -0.15) is 0 Å². The lowest BCUT2D eigenvalue weighted by atomic mass is 9.94. The Bertz CT molecular complexity index is 1530. The average Bonchev–Trinajstić information content (AvgIpc) is 3.01. The van der Waals surface area contributed by atoms with Gasteiger partial charge in [0.1, 0.15) is 41.2 Å². The summed E-state index contributed by atoms with van der Waals surface area (Å²) in [7, 11) is 0. The first-order chi connectivity index (χ1) is 22.5. The maximum atomic E-state index is 15.9. The number of benzene rings is 2. The summed E-state index contributed by atoms with van der Waals surface area (Å²) in [5, 5.41) is 0. The van der Waals surface area contributed by atoms with Crippen molar-refractivity contribution in [3.05, 3.63) is 72.1 Å². The van der Waals surface area contributed by atoms with Crippen LogP contribution in [0.15, 0.2) is 65.9 Å². The van der Waals surface area contributed by atoms with Crippen LogP contribution in [0.4, 0.5) is 20.8 Å². The van der Waals surface area contributed by atoms with Gasteiger partial charge in [-0.25, -0.2) is 19.2 Å². The zero-order chi connectivity index (χ0) is 33.1. The SMILES string of the molecule is CC(C)(C)OC(=O)N1CC(N2CCC(N3CC[C@H](/N=C(/c4ccc(Oc5ccccc5)cc4)c4c(N)ncnc4N)[C@H](F)C3)CC2)C1. The molecule has 47 heavy (non-hydrogen) atoms. The van der Waals surface area contributed by atoms with Crippen LogP contribution in [0.3, 0.4) is 0 Å². The molecule has 6 rings (SSSR count). The lowest BCUT2D eigenvalue weighted by Crippen LogP contribution is -2.63. The van der Waals surface area contributed by atoms with Gasteiger partial charge in [-0.3, -0.25) is 14.8 Å². The van der Waals surface area contributed by atoms with Gasteiger partial charge in [-0.1, -0.05) is 18.2 Å². The van der Waals surface area contributed by atoms with Crippen LogP contribution in [0.1, 0.15) is 51.2 Å². The first-order valence-corrected chi connectivity index (χ1v) is 16.4. The molecule has 250 valence electrons. The highest BCUT2D eigenvalue weighted by atomic mass is 19.1. The molecule has 4 N–H and O–H groups in total. The molecular formula is C35H45FN8O3. The predicted octanol–water partition coefficient (Wildman–Crippen LogP) is 4.77. The number of aliphatic imine (C=N–C) groups is 1. The van der Waals surface area contributed by atoms with Gasteiger partial charge >= 0.3 is 6.09 Å². The van der Waals surface area contributed by atoms with E-state index in [0.29, 0.717) is 55.2 Å². The number of nitrogens with zero attached hydrogens (tertiary/aromatic N) is 6. The number of anilines is 2. The van der Waals surface area contributed by atoms with Gasteiger partial charge in [0, 0.05) is 56.9 Å². The minimum atomic E-state index is -1.15. The maximum absolute atomic E-state index is 15.9. The monoisotopic (exact) mass is 644 g/mol. The number of alkyl halides is 1. The molecule has 0 bridgehead atoms. The normalized spacial score (nSPS) is 22.1. The quantitative estimate of drug-likeness (QED) is 0.349. The van der Waals surface area contributed by atoms with Gasteiger partial charge < -0.3 is 25.8 Å². The second-order valence-corrected chi connectivity index (χ2v) is 13.6. The molecule has 2 aromatic carbocycles. The van der Waals surface area contributed by atoms with Crippen LogP contribution in [0.25, 0.3) is 0 Å². The van der Waals surface area contributed by atoms with E-state index in [1.54, 1.807) is 4.90 Å². The molecule has 0 unspecified atom stereocenters. The molecule has 3 aliphatic rings. The van der Waals surface area contributed by atoms with E-state index in [4.69, 9.17) is 25.9 Å². The third kappa shape index (κ3) is 7.82. The highest BCUT2D eigenvalue weighted by Gasteiger charge is 2.40. The van der Waals surface area contributed by atoms with Crippen LogP contribution in [0.5, 0.6) is 11.5 Å². The molecule has 1 amide bonds. The van der Waals surface area contributed by atoms with E-state index >= 15 is 4.39 Å². The van der Waals surface area contributed by atoms with E-state index in [0.717, 1.165) is 43.8 Å². The molecule has 0 radical (unpaired) electrons. The van der Waals surface area contributed by atoms with E-state index in [9.17, 15) is 4.79 Å². The number of rotatable bonds is 7. The van der Waals surface area contributed by atoms with Crippen molar-refractivity contribution >= 4 is 23.4 Å². The summed E-state index contributed by atoms with van der Waals surface area (Å²) in [5.41, 5.74) is 13.7. The molecular weight excluding hydrogens is 599 g/mol. The van der Waals surface area contributed by atoms with Crippen molar-refractivity contribution in [2.24, 2.45) is 4.99 Å². The Morgan fingerprint density at radius 3 is 2.09 bits per heavy atom. The van der Waals surface area contributed by atoms with E-state index in [-0.39, 0.29) is 17.7 Å². The number of piperidine rings is 2. The Balaban J connectivity index is 1.08. The van der Waals surface area contributed by atoms with Crippen LogP contribution in [0.2, 0.25) is 0 Å². The smallest absolute Gasteiger partial charge is 0.410 e. The largest absolute Gasteiger partial charge is 0.457 e. The minimum absolute atomic E-state index is 0.196. The fourth-order valence-electron chi connectivity index (χ4n) is 6.58. The predicted molar refractivity (Wildman–Crippen MR) is 181 cm³/mol. The Morgan fingerprint density at radius 1 is 0.851 bits per heavy atom. The number of hydrogen-bond donors (Lipinski definition) is 2. The molecule has 0 saturated carbocycles. The van der Waals surface area contributed by atoms with Gasteiger partial charge in [0.25, 0.3) is 0 Å². The van der Waals surface area contributed by atoms with Crippen LogP contribution in [0, 0.1) is 0 Å². The third-order valence-electron chi connectivity index (χ3n) is 9.13. The van der Waals surface area contributed by atoms with Gasteiger partial charge in [-0.15, -0.1) is 0 Å². The van der Waals surface area contributed by atoms with E-state index in [1.165, 1.54) is 6.33 Å². The Kier molecular flexibility index (Phi) is 9.60. The van der Waals surface area contributed by atoms with E-state index in [1.807, 2.05) is 75.4 Å². The summed E-state index contributed by atoms with van der Waals surface area (Å²) in [6.07, 6.45) is 2.43. The van der Waals surface area contributed by atoms with Gasteiger partial charge in [0.15, 0.2) is 0 Å². The van der Waals surface area contributed by atoms with Crippen molar-refractivity contribution in [3.63, 3.8) is 0 Å². The Morgan fingerprint density at radius 2 is 1.47 bits per heavy atom. The fourth-order valence-corrected chi connectivity index (χ4v) is 6.58. The van der Waals surface area contributed by atoms with E-state index < -0.39 is 17.8 Å². The summed E-state index contributed by atoms with van der Waals surface area (Å²) in [6, 6.07) is 17.1. The number of aromatic nitrogens is 2. The second kappa shape index (κ2) is 13.8. The van der Waals surface area contributed by atoms with Crippen molar-refractivity contribution in [1.29, 1.82) is 0 Å². The zero-order valence-corrected chi connectivity index (χ0v) is 27.4. The standard InChI is InChI=1S/C35H45FN8O3/c1-35(2,3)47-34(45)44-19-25(20-44)42-16-13-24(14-17-42)43-18-15-29(28(36)21-43)41-31(30-32(37)39-22-40-33(30)38)23-9-11-27(12-10-23)46-26-7-5-4-6-8-26/h4-12,22,24-25,28-29H,13-21H2,1-3H3,(H4,37,38,39,40)/b41-31-/t28-,29+/m1/s1. The Hall–Kier alpha value is -4.29. The lowest BCUT2D eigenvalue weighted by Gasteiger charge is -2.49. The maximum Gasteiger partial charge on any atom is 0.410 e. The number of hydrogen-bond acceptors (Lipinski definition) is 10. The number of amides is 1. The molecule has 4 heterocycles. The van der Waals surface area contributed by atoms with Gasteiger partial charge in [0.2, 0.25) is 0 Å². The van der Waals surface area contributed by atoms with Crippen molar-refractivity contribution in [1.82, 2.24) is 24.7 Å². The highest BCUT2D eigenvalue weighted by molar-refractivity contribution is 6.17. The van der Waals surface area contributed by atoms with Crippen molar-refractivity contribution in [2.75, 3.05) is 50.7 Å². The van der Waals surface area contributed by atoms with Crippen molar-refractivity contribution < 1.29 is 18.7 Å². The van der Waals surface area contributed by atoms with Crippen LogP contribution >= 0.6 is 0 Å². The molecule has 0 spiro atoms. The van der Waals surface area contributed by atoms with Crippen molar-refractivity contribution in [2.45, 2.75) is 69.9 Å². The first-order valence-electron chi connectivity index (χ1n) is 16.4. The van der Waals surface area contributed by atoms with Crippen LogP contribution < -0.4 is 16.2 Å². The average molecular weight is 645 g/mol. The minimum Gasteiger partial charge on any atom is -0.457 e. The summed E-state index contributed by atoms with van der Waals surface area (Å²) in [5.74, 6) is 1.77. The van der Waals surface area contributed by atoms with E-state index in [2.05, 4.69) is 19.8 Å². The molecule has 12 heteroatoms. The fraction of sp³-hybridized carbons (Fsp3) is 0.486. The summed E-state index contributed by atoms with van der Waals surface area (Å²) < 4.78 is 27.4. The summed E-state index contributed by atoms with van der Waals surface area (Å²) in [6.45, 7) is 9.99. The number of carbonyl (C=O) groups excluding carboxylic acids is 1. The number of nitrogen functional groups attached to an aromatic ring is 2. The molecule has 2 atom stereocenters. The molecule has 1 aromatic heterocycles. The number of para-hydroxylation sites is 1. The topological polar surface area (TPSA) is 135 Å². The number of halogens is 1. The van der Waals surface area contributed by atoms with Crippen LogP contribution in [-0.4, -0.2) is 106 Å². The molecule has 3 aromatic rings. The molecule has 3 fully saturated rings. The second-order valence-electron chi connectivity index (χ2n) is 13.6. The first kappa shape index (κ1) is 32.6. The third-order valence-corrected chi connectivity index (χ3v) is 9.13. The highest BCUT2D eigenvalue weighted by Crippen LogP contribution is 2.30. The number of ether oxygens (including phenoxy) is 2. The van der Waals surface area contributed by atoms with Gasteiger partial charge in [0.05, 0.1) is 17.3 Å². The zero-order valence-electron chi connectivity index (χ0n) is 27.4. The molecule has 11 nitrogen and oxygen atoms in total. The molecule has 3 aliphatic heterocycles. The molecule has 0 aliphatic carbocycles. The number of carbonyl (C=O) groups is 1.